The molecule has 2 aliphatic rings. The summed E-state index contributed by atoms with van der Waals surface area (Å²) in [5.41, 5.74) is 2.47. The molecule has 0 amide bonds. The summed E-state index contributed by atoms with van der Waals surface area (Å²) in [5, 5.41) is 17.7. The highest BCUT2D eigenvalue weighted by atomic mass is 16.5. The zero-order chi connectivity index (χ0) is 19.5. The molecular formula is C23H20N2O3. The van der Waals surface area contributed by atoms with E-state index in [1.54, 1.807) is 0 Å². The number of hydrogen-bond acceptors (Lipinski definition) is 5. The van der Waals surface area contributed by atoms with E-state index < -0.39 is 11.8 Å². The minimum absolute atomic E-state index is 0.0170. The molecule has 0 saturated heterocycles. The van der Waals surface area contributed by atoms with Gasteiger partial charge in [-0.3, -0.25) is 10.2 Å². The SMILES string of the molecule is N#CC1C(=N)OC2=C(C(=O)CCC2)C1c1ccc(OCc2ccccc2)cc1. The summed E-state index contributed by atoms with van der Waals surface area (Å²) in [4.78, 5) is 12.6. The quantitative estimate of drug-likeness (QED) is 0.856. The van der Waals surface area contributed by atoms with Crippen molar-refractivity contribution in [2.75, 3.05) is 0 Å². The maximum absolute atomic E-state index is 12.6. The van der Waals surface area contributed by atoms with Gasteiger partial charge in [0.05, 0.1) is 6.07 Å². The maximum atomic E-state index is 12.6. The number of ketones is 1. The largest absolute Gasteiger partial charge is 0.489 e. The van der Waals surface area contributed by atoms with Crippen LogP contribution in [0.5, 0.6) is 5.75 Å². The van der Waals surface area contributed by atoms with E-state index in [1.807, 2.05) is 54.6 Å². The molecule has 5 nitrogen and oxygen atoms in total. The van der Waals surface area contributed by atoms with Crippen LogP contribution >= 0.6 is 0 Å². The second-order valence-corrected chi connectivity index (χ2v) is 7.01. The number of allylic oxidation sites excluding steroid dienone is 2. The number of nitrogens with zero attached hydrogens (tertiary/aromatic N) is 1. The Labute approximate surface area is 163 Å². The number of Topliss-reactive ketones (excluding diaryl/α,β-unsaturated/α-hetero) is 1. The molecule has 1 aliphatic carbocycles. The number of hydrogen-bond donors (Lipinski definition) is 1. The van der Waals surface area contributed by atoms with Gasteiger partial charge in [-0.2, -0.15) is 5.26 Å². The molecule has 140 valence electrons. The van der Waals surface area contributed by atoms with Crippen molar-refractivity contribution in [1.29, 1.82) is 10.7 Å². The maximum Gasteiger partial charge on any atom is 0.205 e. The minimum atomic E-state index is -0.795. The Hall–Kier alpha value is -3.39. The van der Waals surface area contributed by atoms with Gasteiger partial charge in [-0.1, -0.05) is 42.5 Å². The first kappa shape index (κ1) is 18.0. The normalized spacial score (nSPS) is 21.5. The molecule has 0 saturated carbocycles. The first-order valence-electron chi connectivity index (χ1n) is 9.36. The van der Waals surface area contributed by atoms with Gasteiger partial charge in [-0.25, -0.2) is 0 Å². The smallest absolute Gasteiger partial charge is 0.205 e. The molecule has 0 spiro atoms. The van der Waals surface area contributed by atoms with Gasteiger partial charge >= 0.3 is 0 Å². The van der Waals surface area contributed by atoms with Crippen LogP contribution in [-0.2, 0) is 16.1 Å². The predicted octanol–water partition coefficient (Wildman–Crippen LogP) is 4.50. The van der Waals surface area contributed by atoms with Crippen LogP contribution in [-0.4, -0.2) is 11.7 Å². The van der Waals surface area contributed by atoms with Crippen LogP contribution in [0.3, 0.4) is 0 Å². The topological polar surface area (TPSA) is 83.2 Å². The molecule has 28 heavy (non-hydrogen) atoms. The highest BCUT2D eigenvalue weighted by molar-refractivity contribution is 6.01. The fourth-order valence-corrected chi connectivity index (χ4v) is 3.81. The second kappa shape index (κ2) is 7.69. The summed E-state index contributed by atoms with van der Waals surface area (Å²) >= 11 is 0. The molecule has 1 N–H and O–H groups in total. The molecule has 5 heteroatoms. The third-order valence-electron chi connectivity index (χ3n) is 5.20. The molecule has 4 rings (SSSR count). The summed E-state index contributed by atoms with van der Waals surface area (Å²) < 4.78 is 11.3. The van der Waals surface area contributed by atoms with E-state index >= 15 is 0 Å². The van der Waals surface area contributed by atoms with E-state index in [0.717, 1.165) is 17.5 Å². The van der Waals surface area contributed by atoms with Gasteiger partial charge in [-0.05, 0) is 29.7 Å². The zero-order valence-corrected chi connectivity index (χ0v) is 15.4. The molecular weight excluding hydrogens is 352 g/mol. The van der Waals surface area contributed by atoms with Crippen LogP contribution < -0.4 is 4.74 Å². The standard InChI is InChI=1S/C23H20N2O3/c24-13-18-21(22-19(26)7-4-8-20(22)28-23(18)25)16-9-11-17(12-10-16)27-14-15-5-2-1-3-6-15/h1-3,5-6,9-12,18,21,25H,4,7-8,14H2. The third-order valence-corrected chi connectivity index (χ3v) is 5.20. The number of nitriles is 1. The van der Waals surface area contributed by atoms with Crippen molar-refractivity contribution in [3.05, 3.63) is 77.1 Å². The first-order valence-corrected chi connectivity index (χ1v) is 9.36. The number of carbonyl (C=O) groups excluding carboxylic acids is 1. The fourth-order valence-electron chi connectivity index (χ4n) is 3.81. The van der Waals surface area contributed by atoms with E-state index in [-0.39, 0.29) is 11.7 Å². The lowest BCUT2D eigenvalue weighted by atomic mass is 9.74. The van der Waals surface area contributed by atoms with Gasteiger partial charge < -0.3 is 9.47 Å². The van der Waals surface area contributed by atoms with E-state index in [0.29, 0.717) is 36.5 Å². The summed E-state index contributed by atoms with van der Waals surface area (Å²) in [7, 11) is 0. The van der Waals surface area contributed by atoms with Crippen LogP contribution in [0.25, 0.3) is 0 Å². The lowest BCUT2D eigenvalue weighted by Crippen LogP contribution is -2.34. The van der Waals surface area contributed by atoms with Crippen LogP contribution in [0.2, 0.25) is 0 Å². The van der Waals surface area contributed by atoms with E-state index in [2.05, 4.69) is 6.07 Å². The lowest BCUT2D eigenvalue weighted by molar-refractivity contribution is -0.116. The second-order valence-electron chi connectivity index (χ2n) is 7.01. The predicted molar refractivity (Wildman–Crippen MR) is 104 cm³/mol. The summed E-state index contributed by atoms with van der Waals surface area (Å²) in [6.07, 6.45) is 1.82. The Morgan fingerprint density at radius 1 is 1.11 bits per heavy atom. The highest BCUT2D eigenvalue weighted by Crippen LogP contribution is 2.43. The van der Waals surface area contributed by atoms with Crippen molar-refractivity contribution in [1.82, 2.24) is 0 Å². The van der Waals surface area contributed by atoms with Crippen molar-refractivity contribution >= 4 is 11.7 Å². The molecule has 1 aliphatic heterocycles. The van der Waals surface area contributed by atoms with Crippen LogP contribution in [0.1, 0.15) is 36.3 Å². The van der Waals surface area contributed by atoms with Gasteiger partial charge in [0.2, 0.25) is 5.90 Å². The van der Waals surface area contributed by atoms with Crippen molar-refractivity contribution in [2.24, 2.45) is 5.92 Å². The third kappa shape index (κ3) is 3.41. The van der Waals surface area contributed by atoms with Crippen molar-refractivity contribution in [2.45, 2.75) is 31.8 Å². The van der Waals surface area contributed by atoms with Crippen LogP contribution in [0.4, 0.5) is 0 Å². The molecule has 2 unspecified atom stereocenters. The monoisotopic (exact) mass is 372 g/mol. The van der Waals surface area contributed by atoms with E-state index in [1.165, 1.54) is 0 Å². The Kier molecular flexibility index (Phi) is 4.94. The summed E-state index contributed by atoms with van der Waals surface area (Å²) in [6, 6.07) is 19.5. The Balaban J connectivity index is 1.60. The van der Waals surface area contributed by atoms with Crippen LogP contribution in [0.15, 0.2) is 65.9 Å². The number of carbonyl (C=O) groups is 1. The average molecular weight is 372 g/mol. The Morgan fingerprint density at radius 3 is 2.57 bits per heavy atom. The number of rotatable bonds is 4. The van der Waals surface area contributed by atoms with E-state index in [4.69, 9.17) is 14.9 Å². The number of nitrogens with one attached hydrogen (secondary N) is 1. The summed E-state index contributed by atoms with van der Waals surface area (Å²) in [6.45, 7) is 0.469. The van der Waals surface area contributed by atoms with Crippen molar-refractivity contribution in [3.8, 4) is 11.8 Å². The summed E-state index contributed by atoms with van der Waals surface area (Å²) in [5.74, 6) is -0.0440. The lowest BCUT2D eigenvalue weighted by Gasteiger charge is -2.34. The number of benzene rings is 2. The number of ether oxygens (including phenoxy) is 2. The molecule has 0 aromatic heterocycles. The average Bonchev–Trinajstić information content (AvgIpc) is 2.73. The minimum Gasteiger partial charge on any atom is -0.489 e. The van der Waals surface area contributed by atoms with Gasteiger partial charge in [-0.15, -0.1) is 0 Å². The molecule has 0 radical (unpaired) electrons. The Bertz CT molecular complexity index is 971. The Morgan fingerprint density at radius 2 is 1.86 bits per heavy atom. The zero-order valence-electron chi connectivity index (χ0n) is 15.4. The van der Waals surface area contributed by atoms with Gasteiger partial charge in [0.1, 0.15) is 24.0 Å². The van der Waals surface area contributed by atoms with Gasteiger partial charge in [0, 0.05) is 24.3 Å². The molecule has 1 heterocycles. The molecule has 0 fully saturated rings. The molecule has 0 bridgehead atoms. The highest BCUT2D eigenvalue weighted by Gasteiger charge is 2.42. The van der Waals surface area contributed by atoms with E-state index in [9.17, 15) is 10.1 Å². The van der Waals surface area contributed by atoms with Crippen LogP contribution in [0, 0.1) is 22.7 Å². The first-order chi connectivity index (χ1) is 13.7. The van der Waals surface area contributed by atoms with Gasteiger partial charge in [0.15, 0.2) is 5.78 Å². The molecule has 2 aromatic rings. The molecule has 2 aromatic carbocycles. The van der Waals surface area contributed by atoms with Crippen molar-refractivity contribution in [3.63, 3.8) is 0 Å². The molecule has 2 atom stereocenters. The van der Waals surface area contributed by atoms with Gasteiger partial charge in [0.25, 0.3) is 0 Å². The van der Waals surface area contributed by atoms with Crippen molar-refractivity contribution < 1.29 is 14.3 Å². The fraction of sp³-hybridized carbons (Fsp3) is 0.261.